The number of nitrogens with zero attached hydrogens (tertiary/aromatic N) is 1. The van der Waals surface area contributed by atoms with E-state index in [0.717, 1.165) is 0 Å². The Labute approximate surface area is 112 Å². The number of nitrogens with one attached hydrogen (secondary N) is 1. The molecule has 0 aliphatic heterocycles. The van der Waals surface area contributed by atoms with Crippen molar-refractivity contribution in [3.05, 3.63) is 0 Å². The van der Waals surface area contributed by atoms with Gasteiger partial charge in [0.05, 0.1) is 12.0 Å². The van der Waals surface area contributed by atoms with E-state index in [2.05, 4.69) is 5.32 Å². The standard InChI is InChI=1S/C12H24F3N3O/c1-4-17-11(2,10(16)19)6-5-8-18(3)9-7-12(13,14)15/h17H,4-9H2,1-3H3,(H2,16,19). The van der Waals surface area contributed by atoms with Crippen LogP contribution in [-0.4, -0.2) is 49.2 Å². The van der Waals surface area contributed by atoms with E-state index in [0.29, 0.717) is 25.9 Å². The largest absolute Gasteiger partial charge is 0.390 e. The smallest absolute Gasteiger partial charge is 0.368 e. The minimum absolute atomic E-state index is 0.0298. The van der Waals surface area contributed by atoms with Gasteiger partial charge in [-0.05, 0) is 39.9 Å². The quantitative estimate of drug-likeness (QED) is 0.674. The molecule has 0 aliphatic carbocycles. The molecule has 0 radical (unpaired) electrons. The highest BCUT2D eigenvalue weighted by atomic mass is 19.4. The molecule has 4 nitrogen and oxygen atoms in total. The van der Waals surface area contributed by atoms with E-state index < -0.39 is 24.0 Å². The Balaban J connectivity index is 4.03. The van der Waals surface area contributed by atoms with Gasteiger partial charge in [-0.2, -0.15) is 13.2 Å². The van der Waals surface area contributed by atoms with Crippen molar-refractivity contribution in [1.82, 2.24) is 10.2 Å². The molecule has 0 aliphatic rings. The van der Waals surface area contributed by atoms with E-state index in [4.69, 9.17) is 5.73 Å². The summed E-state index contributed by atoms with van der Waals surface area (Å²) in [7, 11) is 1.64. The Kier molecular flexibility index (Phi) is 7.36. The molecule has 0 spiro atoms. The van der Waals surface area contributed by atoms with Crippen molar-refractivity contribution < 1.29 is 18.0 Å². The highest BCUT2D eigenvalue weighted by molar-refractivity contribution is 5.84. The summed E-state index contributed by atoms with van der Waals surface area (Å²) in [5, 5.41) is 3.02. The fourth-order valence-electron chi connectivity index (χ4n) is 1.82. The van der Waals surface area contributed by atoms with Gasteiger partial charge in [-0.25, -0.2) is 0 Å². The van der Waals surface area contributed by atoms with Gasteiger partial charge in [-0.3, -0.25) is 4.79 Å². The van der Waals surface area contributed by atoms with Gasteiger partial charge in [-0.1, -0.05) is 6.92 Å². The van der Waals surface area contributed by atoms with E-state index in [1.165, 1.54) is 0 Å². The number of carbonyl (C=O) groups excluding carboxylic acids is 1. The molecular weight excluding hydrogens is 259 g/mol. The molecule has 114 valence electrons. The van der Waals surface area contributed by atoms with Crippen molar-refractivity contribution in [2.75, 3.05) is 26.7 Å². The zero-order chi connectivity index (χ0) is 15.1. The van der Waals surface area contributed by atoms with Gasteiger partial charge in [-0.15, -0.1) is 0 Å². The summed E-state index contributed by atoms with van der Waals surface area (Å²) in [6, 6.07) is 0. The first-order valence-electron chi connectivity index (χ1n) is 6.41. The number of primary amides is 1. The summed E-state index contributed by atoms with van der Waals surface area (Å²) >= 11 is 0. The van der Waals surface area contributed by atoms with E-state index in [-0.39, 0.29) is 6.54 Å². The molecule has 0 aromatic heterocycles. The second-order valence-electron chi connectivity index (χ2n) is 5.00. The highest BCUT2D eigenvalue weighted by Gasteiger charge is 2.30. The van der Waals surface area contributed by atoms with Crippen LogP contribution in [0.2, 0.25) is 0 Å². The number of rotatable bonds is 9. The van der Waals surface area contributed by atoms with E-state index in [9.17, 15) is 18.0 Å². The van der Waals surface area contributed by atoms with Crippen LogP contribution in [-0.2, 0) is 4.79 Å². The molecule has 0 rings (SSSR count). The molecule has 0 aromatic rings. The van der Waals surface area contributed by atoms with E-state index >= 15 is 0 Å². The summed E-state index contributed by atoms with van der Waals surface area (Å²) < 4.78 is 36.1. The maximum atomic E-state index is 12.0. The number of likely N-dealkylation sites (N-methyl/N-ethyl adjacent to an activating group) is 1. The lowest BCUT2D eigenvalue weighted by Crippen LogP contribution is -2.53. The number of nitrogens with two attached hydrogens (primary N) is 1. The lowest BCUT2D eigenvalue weighted by Gasteiger charge is -2.28. The molecular formula is C12H24F3N3O. The number of carbonyl (C=O) groups is 1. The van der Waals surface area contributed by atoms with E-state index in [1.54, 1.807) is 18.9 Å². The zero-order valence-electron chi connectivity index (χ0n) is 11.8. The lowest BCUT2D eigenvalue weighted by molar-refractivity contribution is -0.137. The molecule has 1 unspecified atom stereocenters. The summed E-state index contributed by atoms with van der Waals surface area (Å²) in [5.74, 6) is -0.438. The van der Waals surface area contributed by atoms with Crippen LogP contribution in [0.25, 0.3) is 0 Å². The molecule has 0 aromatic carbocycles. The maximum Gasteiger partial charge on any atom is 0.390 e. The SMILES string of the molecule is CCNC(C)(CCCN(C)CCC(F)(F)F)C(N)=O. The highest BCUT2D eigenvalue weighted by Crippen LogP contribution is 2.19. The summed E-state index contributed by atoms with van der Waals surface area (Å²) in [6.07, 6.45) is -3.82. The third-order valence-corrected chi connectivity index (χ3v) is 3.10. The second kappa shape index (κ2) is 7.69. The Bertz CT molecular complexity index is 284. The molecule has 0 heterocycles. The summed E-state index contributed by atoms with van der Waals surface area (Å²) in [6.45, 7) is 4.68. The predicted octanol–water partition coefficient (Wildman–Crippen LogP) is 1.50. The van der Waals surface area contributed by atoms with Gasteiger partial charge in [0, 0.05) is 6.54 Å². The van der Waals surface area contributed by atoms with Gasteiger partial charge < -0.3 is 16.0 Å². The van der Waals surface area contributed by atoms with Crippen LogP contribution in [0.3, 0.4) is 0 Å². The van der Waals surface area contributed by atoms with Gasteiger partial charge in [0.15, 0.2) is 0 Å². The topological polar surface area (TPSA) is 58.4 Å². The number of halogens is 3. The third kappa shape index (κ3) is 8.05. The number of alkyl halides is 3. The Morgan fingerprint density at radius 2 is 1.84 bits per heavy atom. The van der Waals surface area contributed by atoms with Crippen LogP contribution in [0.1, 0.15) is 33.1 Å². The second-order valence-corrected chi connectivity index (χ2v) is 5.00. The van der Waals surface area contributed by atoms with Crippen LogP contribution < -0.4 is 11.1 Å². The molecule has 1 amide bonds. The first-order valence-corrected chi connectivity index (χ1v) is 6.41. The fraction of sp³-hybridized carbons (Fsp3) is 0.917. The van der Waals surface area contributed by atoms with Crippen LogP contribution in [0.4, 0.5) is 13.2 Å². The maximum absolute atomic E-state index is 12.0. The van der Waals surface area contributed by atoms with Gasteiger partial charge in [0.2, 0.25) is 5.91 Å². The Morgan fingerprint density at radius 3 is 2.26 bits per heavy atom. The molecule has 0 saturated heterocycles. The van der Waals surface area contributed by atoms with Crippen molar-refractivity contribution >= 4 is 5.91 Å². The van der Waals surface area contributed by atoms with Crippen molar-refractivity contribution in [3.8, 4) is 0 Å². The lowest BCUT2D eigenvalue weighted by atomic mass is 9.94. The molecule has 3 N–H and O–H groups in total. The van der Waals surface area contributed by atoms with Crippen molar-refractivity contribution in [2.45, 2.75) is 44.8 Å². The van der Waals surface area contributed by atoms with Crippen LogP contribution in [0.5, 0.6) is 0 Å². The van der Waals surface area contributed by atoms with Crippen LogP contribution >= 0.6 is 0 Å². The number of hydrogen-bond acceptors (Lipinski definition) is 3. The minimum atomic E-state index is -4.13. The van der Waals surface area contributed by atoms with Crippen molar-refractivity contribution in [2.24, 2.45) is 5.73 Å². The van der Waals surface area contributed by atoms with Gasteiger partial charge in [0.1, 0.15) is 0 Å². The normalized spacial score (nSPS) is 15.5. The number of amides is 1. The van der Waals surface area contributed by atoms with Crippen LogP contribution in [0, 0.1) is 0 Å². The average molecular weight is 283 g/mol. The fourth-order valence-corrected chi connectivity index (χ4v) is 1.82. The van der Waals surface area contributed by atoms with Crippen molar-refractivity contribution in [3.63, 3.8) is 0 Å². The minimum Gasteiger partial charge on any atom is -0.368 e. The molecule has 0 saturated carbocycles. The Hall–Kier alpha value is -0.820. The van der Waals surface area contributed by atoms with Crippen LogP contribution in [0.15, 0.2) is 0 Å². The summed E-state index contributed by atoms with van der Waals surface area (Å²) in [5.41, 5.74) is 4.53. The number of hydrogen-bond donors (Lipinski definition) is 2. The first kappa shape index (κ1) is 18.2. The third-order valence-electron chi connectivity index (χ3n) is 3.10. The monoisotopic (exact) mass is 283 g/mol. The Morgan fingerprint density at radius 1 is 1.26 bits per heavy atom. The molecule has 19 heavy (non-hydrogen) atoms. The molecule has 0 bridgehead atoms. The van der Waals surface area contributed by atoms with E-state index in [1.807, 2.05) is 6.92 Å². The first-order chi connectivity index (χ1) is 8.60. The zero-order valence-corrected chi connectivity index (χ0v) is 11.8. The summed E-state index contributed by atoms with van der Waals surface area (Å²) in [4.78, 5) is 13.0. The molecule has 0 fully saturated rings. The van der Waals surface area contributed by atoms with Crippen molar-refractivity contribution in [1.29, 1.82) is 0 Å². The predicted molar refractivity (Wildman–Crippen MR) is 68.7 cm³/mol. The molecule has 1 atom stereocenters. The molecule has 7 heteroatoms. The van der Waals surface area contributed by atoms with Gasteiger partial charge in [0.25, 0.3) is 0 Å². The average Bonchev–Trinajstić information content (AvgIpc) is 2.25. The van der Waals surface area contributed by atoms with Gasteiger partial charge >= 0.3 is 6.18 Å².